The molecule has 0 amide bonds. The normalized spacial score (nSPS) is 14.1. The van der Waals surface area contributed by atoms with E-state index in [1.807, 2.05) is 38.1 Å². The Morgan fingerprint density at radius 2 is 0.969 bits per heavy atom. The van der Waals surface area contributed by atoms with E-state index < -0.39 is 0 Å². The maximum Gasteiger partial charge on any atom is 0.338 e. The largest absolute Gasteiger partial charge is 0.461 e. The van der Waals surface area contributed by atoms with Crippen molar-refractivity contribution in [3.05, 3.63) is 70.8 Å². The second kappa shape index (κ2) is 14.1. The van der Waals surface area contributed by atoms with Gasteiger partial charge in [0.1, 0.15) is 13.2 Å². The molecule has 1 aliphatic heterocycles. The van der Waals surface area contributed by atoms with Crippen LogP contribution in [0, 0.1) is 13.8 Å². The Morgan fingerprint density at radius 1 is 0.656 bits per heavy atom. The average molecular weight is 483 g/mol. The first-order valence-corrected chi connectivity index (χ1v) is 10.4. The van der Waals surface area contributed by atoms with Crippen molar-refractivity contribution >= 4 is 36.8 Å². The number of esters is 2. The molecule has 0 N–H and O–H groups in total. The Balaban J connectivity index is 0.00000256. The van der Waals surface area contributed by atoms with E-state index in [1.165, 1.54) is 0 Å². The van der Waals surface area contributed by atoms with Crippen LogP contribution in [0.15, 0.2) is 48.5 Å². The summed E-state index contributed by atoms with van der Waals surface area (Å²) in [5.74, 6) is -0.548. The predicted molar refractivity (Wildman–Crippen MR) is 130 cm³/mol. The third kappa shape index (κ3) is 8.79. The maximum atomic E-state index is 12.1. The molecule has 2 aromatic carbocycles. The molecule has 3 rings (SSSR count). The minimum Gasteiger partial charge on any atom is -0.461 e. The molecule has 1 fully saturated rings. The Bertz CT molecular complexity index is 765. The van der Waals surface area contributed by atoms with Crippen LogP contribution in [0.3, 0.4) is 0 Å². The van der Waals surface area contributed by atoms with Gasteiger partial charge in [0.25, 0.3) is 0 Å². The lowest BCUT2D eigenvalue weighted by Crippen LogP contribution is -2.48. The highest BCUT2D eigenvalue weighted by Crippen LogP contribution is 2.07. The summed E-state index contributed by atoms with van der Waals surface area (Å²) in [6.07, 6.45) is 0. The van der Waals surface area contributed by atoms with E-state index in [1.54, 1.807) is 24.3 Å². The number of carbonyl (C=O) groups is 2. The van der Waals surface area contributed by atoms with Gasteiger partial charge in [-0.1, -0.05) is 35.4 Å². The zero-order valence-corrected chi connectivity index (χ0v) is 20.3. The van der Waals surface area contributed by atoms with E-state index in [0.29, 0.717) is 24.3 Å². The molecular weight excluding hydrogens is 451 g/mol. The Kier molecular flexibility index (Phi) is 12.3. The standard InChI is InChI=1S/C24H30N2O4.2ClH/c1-19-3-7-21(8-4-19)23(27)29-17-15-25-11-13-26(14-12-25)16-18-30-24(28)22-9-5-20(2)6-10-22;;/h3-10H,11-18H2,1-2H3;2*1H. The van der Waals surface area contributed by atoms with Crippen molar-refractivity contribution in [2.75, 3.05) is 52.5 Å². The second-order valence-electron chi connectivity index (χ2n) is 7.69. The lowest BCUT2D eigenvalue weighted by atomic mass is 10.1. The number of piperazine rings is 1. The Morgan fingerprint density at radius 3 is 1.28 bits per heavy atom. The molecule has 1 aliphatic rings. The average Bonchev–Trinajstić information content (AvgIpc) is 2.75. The molecule has 0 spiro atoms. The van der Waals surface area contributed by atoms with Gasteiger partial charge in [-0.25, -0.2) is 9.59 Å². The van der Waals surface area contributed by atoms with Crippen LogP contribution in [0.4, 0.5) is 0 Å². The van der Waals surface area contributed by atoms with Crippen molar-refractivity contribution in [1.82, 2.24) is 9.80 Å². The molecule has 0 atom stereocenters. The lowest BCUT2D eigenvalue weighted by molar-refractivity contribution is 0.0352. The van der Waals surface area contributed by atoms with Crippen LogP contribution in [0.2, 0.25) is 0 Å². The van der Waals surface area contributed by atoms with E-state index in [-0.39, 0.29) is 36.8 Å². The fraction of sp³-hybridized carbons (Fsp3) is 0.417. The number of aryl methyl sites for hydroxylation is 2. The van der Waals surface area contributed by atoms with Crippen molar-refractivity contribution in [1.29, 1.82) is 0 Å². The fourth-order valence-corrected chi connectivity index (χ4v) is 3.32. The van der Waals surface area contributed by atoms with Gasteiger partial charge in [0.15, 0.2) is 0 Å². The SMILES string of the molecule is Cc1ccc(C(=O)OCCN2CCN(CCOC(=O)c3ccc(C)cc3)CC2)cc1.Cl.Cl. The van der Waals surface area contributed by atoms with Crippen LogP contribution < -0.4 is 0 Å². The highest BCUT2D eigenvalue weighted by atomic mass is 35.5. The number of nitrogens with zero attached hydrogens (tertiary/aromatic N) is 2. The minimum atomic E-state index is -0.274. The summed E-state index contributed by atoms with van der Waals surface area (Å²) < 4.78 is 10.8. The number of benzene rings is 2. The first-order valence-electron chi connectivity index (χ1n) is 10.4. The van der Waals surface area contributed by atoms with Crippen molar-refractivity contribution in [2.24, 2.45) is 0 Å². The van der Waals surface area contributed by atoms with E-state index in [2.05, 4.69) is 9.80 Å². The molecule has 6 nitrogen and oxygen atoms in total. The molecule has 0 radical (unpaired) electrons. The van der Waals surface area contributed by atoms with E-state index in [9.17, 15) is 9.59 Å². The number of carbonyl (C=O) groups excluding carboxylic acids is 2. The smallest absolute Gasteiger partial charge is 0.338 e. The van der Waals surface area contributed by atoms with E-state index >= 15 is 0 Å². The van der Waals surface area contributed by atoms with Gasteiger partial charge in [0, 0.05) is 39.3 Å². The number of halogens is 2. The molecule has 0 aliphatic carbocycles. The van der Waals surface area contributed by atoms with Gasteiger partial charge in [0.2, 0.25) is 0 Å². The summed E-state index contributed by atoms with van der Waals surface area (Å²) in [5, 5.41) is 0. The summed E-state index contributed by atoms with van der Waals surface area (Å²) in [6.45, 7) is 9.86. The van der Waals surface area contributed by atoms with Crippen LogP contribution in [-0.2, 0) is 9.47 Å². The first kappa shape index (κ1) is 27.9. The topological polar surface area (TPSA) is 59.1 Å². The number of hydrogen-bond donors (Lipinski definition) is 0. The van der Waals surface area contributed by atoms with Gasteiger partial charge in [-0.3, -0.25) is 9.80 Å². The molecule has 32 heavy (non-hydrogen) atoms. The van der Waals surface area contributed by atoms with Gasteiger partial charge < -0.3 is 9.47 Å². The van der Waals surface area contributed by atoms with Crippen LogP contribution in [0.25, 0.3) is 0 Å². The number of hydrogen-bond acceptors (Lipinski definition) is 6. The summed E-state index contributed by atoms with van der Waals surface area (Å²) in [4.78, 5) is 28.7. The quantitative estimate of drug-likeness (QED) is 0.533. The van der Waals surface area contributed by atoms with Crippen LogP contribution in [0.1, 0.15) is 31.8 Å². The second-order valence-corrected chi connectivity index (χ2v) is 7.69. The molecule has 0 bridgehead atoms. The van der Waals surface area contributed by atoms with Crippen molar-refractivity contribution < 1.29 is 19.1 Å². The lowest BCUT2D eigenvalue weighted by Gasteiger charge is -2.34. The number of rotatable bonds is 8. The van der Waals surface area contributed by atoms with E-state index in [4.69, 9.17) is 9.47 Å². The first-order chi connectivity index (χ1) is 14.5. The fourth-order valence-electron chi connectivity index (χ4n) is 3.32. The Hall–Kier alpha value is -2.12. The van der Waals surface area contributed by atoms with Gasteiger partial charge >= 0.3 is 11.9 Å². The third-order valence-corrected chi connectivity index (χ3v) is 5.32. The molecule has 0 unspecified atom stereocenters. The zero-order chi connectivity index (χ0) is 21.3. The molecule has 0 saturated carbocycles. The monoisotopic (exact) mass is 482 g/mol. The van der Waals surface area contributed by atoms with Crippen molar-refractivity contribution in [3.8, 4) is 0 Å². The van der Waals surface area contributed by atoms with Crippen LogP contribution in [-0.4, -0.2) is 74.2 Å². The highest BCUT2D eigenvalue weighted by molar-refractivity contribution is 5.89. The molecule has 1 heterocycles. The highest BCUT2D eigenvalue weighted by Gasteiger charge is 2.17. The van der Waals surface area contributed by atoms with Gasteiger partial charge in [-0.05, 0) is 38.1 Å². The predicted octanol–water partition coefficient (Wildman–Crippen LogP) is 3.78. The van der Waals surface area contributed by atoms with Crippen LogP contribution >= 0.6 is 24.8 Å². The summed E-state index contributed by atoms with van der Waals surface area (Å²) in [6, 6.07) is 14.8. The summed E-state index contributed by atoms with van der Waals surface area (Å²) >= 11 is 0. The van der Waals surface area contributed by atoms with Crippen molar-refractivity contribution in [2.45, 2.75) is 13.8 Å². The molecule has 8 heteroatoms. The summed E-state index contributed by atoms with van der Waals surface area (Å²) in [7, 11) is 0. The molecule has 2 aromatic rings. The molecule has 0 aromatic heterocycles. The maximum absolute atomic E-state index is 12.1. The summed E-state index contributed by atoms with van der Waals surface area (Å²) in [5.41, 5.74) is 3.42. The molecule has 1 saturated heterocycles. The van der Waals surface area contributed by atoms with Gasteiger partial charge in [-0.2, -0.15) is 0 Å². The molecule has 176 valence electrons. The zero-order valence-electron chi connectivity index (χ0n) is 18.6. The molecular formula is C24H32Cl2N2O4. The van der Waals surface area contributed by atoms with Gasteiger partial charge in [0.05, 0.1) is 11.1 Å². The third-order valence-electron chi connectivity index (χ3n) is 5.32. The van der Waals surface area contributed by atoms with Gasteiger partial charge in [-0.15, -0.1) is 24.8 Å². The van der Waals surface area contributed by atoms with Crippen molar-refractivity contribution in [3.63, 3.8) is 0 Å². The Labute approximate surface area is 202 Å². The van der Waals surface area contributed by atoms with E-state index in [0.717, 1.165) is 50.4 Å². The minimum absolute atomic E-state index is 0. The van der Waals surface area contributed by atoms with Crippen LogP contribution in [0.5, 0.6) is 0 Å². The number of ether oxygens (including phenoxy) is 2.